The maximum atomic E-state index is 14.9. The highest BCUT2D eigenvalue weighted by Gasteiger charge is 2.43. The lowest BCUT2D eigenvalue weighted by Crippen LogP contribution is -2.20. The molecule has 0 saturated carbocycles. The van der Waals surface area contributed by atoms with Gasteiger partial charge < -0.3 is 10.1 Å². The molecule has 1 aliphatic carbocycles. The standard InChI is InChI=1S/C22H14Cl2F3NO3/c23-12-3-1-4-13(24)17(12)20(29)19-16(11-7-6-10(21(30)31)9-14(11)25)18-15(28-19)5-2-8-22(18,26)27/h1,3-4,6-7,9,28H,2,5,8H2,(H,30,31). The maximum Gasteiger partial charge on any atom is 0.335 e. The van der Waals surface area contributed by atoms with Crippen LogP contribution in [0.25, 0.3) is 11.1 Å². The Bertz CT molecular complexity index is 1220. The van der Waals surface area contributed by atoms with Crippen molar-refractivity contribution in [1.82, 2.24) is 4.98 Å². The molecule has 31 heavy (non-hydrogen) atoms. The fourth-order valence-corrected chi connectivity index (χ4v) is 4.45. The van der Waals surface area contributed by atoms with Gasteiger partial charge in [-0.05, 0) is 37.1 Å². The number of ketones is 1. The number of rotatable bonds is 4. The lowest BCUT2D eigenvalue weighted by molar-refractivity contribution is -0.0211. The van der Waals surface area contributed by atoms with Crippen molar-refractivity contribution in [3.63, 3.8) is 0 Å². The van der Waals surface area contributed by atoms with E-state index < -0.39 is 35.5 Å². The number of hydrogen-bond donors (Lipinski definition) is 2. The number of halogens is 5. The van der Waals surface area contributed by atoms with E-state index in [1.165, 1.54) is 18.2 Å². The van der Waals surface area contributed by atoms with Gasteiger partial charge in [0.05, 0.1) is 32.4 Å². The fourth-order valence-electron chi connectivity index (χ4n) is 3.89. The van der Waals surface area contributed by atoms with Gasteiger partial charge in [0, 0.05) is 23.2 Å². The number of alkyl halides is 2. The molecule has 2 N–H and O–H groups in total. The van der Waals surface area contributed by atoms with Crippen molar-refractivity contribution < 1.29 is 27.9 Å². The van der Waals surface area contributed by atoms with Crippen molar-refractivity contribution in [1.29, 1.82) is 0 Å². The molecule has 160 valence electrons. The van der Waals surface area contributed by atoms with Crippen LogP contribution in [0.1, 0.15) is 50.5 Å². The molecule has 4 nitrogen and oxygen atoms in total. The largest absolute Gasteiger partial charge is 0.478 e. The van der Waals surface area contributed by atoms with Gasteiger partial charge in [-0.25, -0.2) is 18.0 Å². The first-order valence-electron chi connectivity index (χ1n) is 9.27. The summed E-state index contributed by atoms with van der Waals surface area (Å²) >= 11 is 12.3. The van der Waals surface area contributed by atoms with Crippen LogP contribution in [-0.2, 0) is 12.3 Å². The predicted molar refractivity (Wildman–Crippen MR) is 110 cm³/mol. The normalized spacial score (nSPS) is 14.9. The average molecular weight is 468 g/mol. The molecule has 0 fully saturated rings. The summed E-state index contributed by atoms with van der Waals surface area (Å²) in [5.74, 6) is -6.48. The van der Waals surface area contributed by atoms with Gasteiger partial charge in [-0.1, -0.05) is 35.3 Å². The van der Waals surface area contributed by atoms with Crippen LogP contribution in [0.5, 0.6) is 0 Å². The minimum atomic E-state index is -3.31. The zero-order valence-electron chi connectivity index (χ0n) is 15.7. The Hall–Kier alpha value is -2.77. The number of fused-ring (bicyclic) bond motifs is 1. The number of aromatic carboxylic acids is 1. The number of carboxylic acids is 1. The third kappa shape index (κ3) is 3.62. The summed E-state index contributed by atoms with van der Waals surface area (Å²) in [6, 6.07) is 7.30. The molecule has 4 rings (SSSR count). The van der Waals surface area contributed by atoms with Gasteiger partial charge in [0.25, 0.3) is 5.92 Å². The first kappa shape index (κ1) is 21.5. The lowest BCUT2D eigenvalue weighted by atomic mass is 9.87. The Morgan fingerprint density at radius 3 is 2.39 bits per heavy atom. The van der Waals surface area contributed by atoms with Crippen molar-refractivity contribution in [3.05, 3.63) is 80.3 Å². The van der Waals surface area contributed by atoms with Crippen LogP contribution in [0.15, 0.2) is 36.4 Å². The fraction of sp³-hybridized carbons (Fsp3) is 0.182. The smallest absolute Gasteiger partial charge is 0.335 e. The minimum Gasteiger partial charge on any atom is -0.478 e. The van der Waals surface area contributed by atoms with Crippen LogP contribution in [-0.4, -0.2) is 21.8 Å². The van der Waals surface area contributed by atoms with E-state index >= 15 is 0 Å². The maximum absolute atomic E-state index is 14.9. The van der Waals surface area contributed by atoms with Crippen molar-refractivity contribution in [3.8, 4) is 11.1 Å². The zero-order chi connectivity index (χ0) is 22.5. The van der Waals surface area contributed by atoms with Crippen LogP contribution >= 0.6 is 23.2 Å². The molecule has 0 saturated heterocycles. The molecule has 0 aliphatic heterocycles. The van der Waals surface area contributed by atoms with E-state index in [-0.39, 0.29) is 56.5 Å². The second kappa shape index (κ2) is 7.73. The molecule has 0 amide bonds. The van der Waals surface area contributed by atoms with Crippen molar-refractivity contribution >= 4 is 35.0 Å². The van der Waals surface area contributed by atoms with Crippen molar-refractivity contribution in [2.24, 2.45) is 0 Å². The van der Waals surface area contributed by atoms with E-state index in [9.17, 15) is 22.8 Å². The number of aromatic amines is 1. The first-order valence-corrected chi connectivity index (χ1v) is 10.0. The summed E-state index contributed by atoms with van der Waals surface area (Å²) in [6.07, 6.45) is -0.0304. The molecule has 1 aliphatic rings. The second-order valence-corrected chi connectivity index (χ2v) is 8.03. The zero-order valence-corrected chi connectivity index (χ0v) is 17.3. The second-order valence-electron chi connectivity index (χ2n) is 7.21. The highest BCUT2D eigenvalue weighted by atomic mass is 35.5. The van der Waals surface area contributed by atoms with Gasteiger partial charge in [0.15, 0.2) is 0 Å². The molecule has 1 heterocycles. The number of H-pyrrole nitrogens is 1. The van der Waals surface area contributed by atoms with E-state index in [2.05, 4.69) is 4.98 Å². The number of aromatic nitrogens is 1. The third-order valence-corrected chi connectivity index (χ3v) is 5.89. The summed E-state index contributed by atoms with van der Waals surface area (Å²) in [5, 5.41) is 9.12. The van der Waals surface area contributed by atoms with Gasteiger partial charge >= 0.3 is 5.97 Å². The summed E-state index contributed by atoms with van der Waals surface area (Å²) in [5.41, 5.74) is -1.68. The molecule has 0 atom stereocenters. The molecule has 9 heteroatoms. The van der Waals surface area contributed by atoms with Gasteiger partial charge in [-0.3, -0.25) is 4.79 Å². The van der Waals surface area contributed by atoms with Crippen LogP contribution in [0, 0.1) is 5.82 Å². The van der Waals surface area contributed by atoms with Crippen LogP contribution in [0.2, 0.25) is 10.0 Å². The average Bonchev–Trinajstić information content (AvgIpc) is 3.08. The predicted octanol–water partition coefficient (Wildman–Crippen LogP) is 6.48. The number of hydrogen-bond acceptors (Lipinski definition) is 2. The summed E-state index contributed by atoms with van der Waals surface area (Å²) in [7, 11) is 0. The molecule has 0 radical (unpaired) electrons. The molecular weight excluding hydrogens is 454 g/mol. The topological polar surface area (TPSA) is 70.2 Å². The Balaban J connectivity index is 2.01. The van der Waals surface area contributed by atoms with Crippen molar-refractivity contribution in [2.45, 2.75) is 25.2 Å². The molecule has 0 bridgehead atoms. The lowest BCUT2D eigenvalue weighted by Gasteiger charge is -2.24. The van der Waals surface area contributed by atoms with Crippen LogP contribution < -0.4 is 0 Å². The quantitative estimate of drug-likeness (QED) is 0.431. The van der Waals surface area contributed by atoms with Crippen LogP contribution in [0.3, 0.4) is 0 Å². The summed E-state index contributed by atoms with van der Waals surface area (Å²) in [4.78, 5) is 27.2. The minimum absolute atomic E-state index is 0.0180. The Morgan fingerprint density at radius 2 is 1.77 bits per heavy atom. The number of benzene rings is 2. The molecule has 3 aromatic rings. The Morgan fingerprint density at radius 1 is 1.10 bits per heavy atom. The van der Waals surface area contributed by atoms with Crippen molar-refractivity contribution in [2.75, 3.05) is 0 Å². The highest BCUT2D eigenvalue weighted by Crippen LogP contribution is 2.48. The van der Waals surface area contributed by atoms with E-state index in [4.69, 9.17) is 28.3 Å². The molecule has 2 aromatic carbocycles. The number of carbonyl (C=O) groups is 2. The third-order valence-electron chi connectivity index (χ3n) is 5.26. The van der Waals surface area contributed by atoms with E-state index in [0.29, 0.717) is 0 Å². The van der Waals surface area contributed by atoms with Gasteiger partial charge in [0.1, 0.15) is 5.82 Å². The van der Waals surface area contributed by atoms with Crippen LogP contribution in [0.4, 0.5) is 13.2 Å². The van der Waals surface area contributed by atoms with E-state index in [0.717, 1.165) is 18.2 Å². The van der Waals surface area contributed by atoms with E-state index in [1.54, 1.807) is 0 Å². The Labute approximate surface area is 184 Å². The molecule has 0 spiro atoms. The monoisotopic (exact) mass is 467 g/mol. The molecular formula is C22H14Cl2F3NO3. The Kier molecular flexibility index (Phi) is 5.35. The highest BCUT2D eigenvalue weighted by molar-refractivity contribution is 6.41. The molecule has 0 unspecified atom stereocenters. The number of carbonyl (C=O) groups excluding carboxylic acids is 1. The van der Waals surface area contributed by atoms with E-state index in [1.807, 2.05) is 0 Å². The van der Waals surface area contributed by atoms with Gasteiger partial charge in [0.2, 0.25) is 5.78 Å². The SMILES string of the molecule is O=C(O)c1ccc(-c2c(C(=O)c3c(Cl)cccc3Cl)[nH]c3c2C(F)(F)CCC3)c(F)c1. The van der Waals surface area contributed by atoms with Gasteiger partial charge in [-0.2, -0.15) is 0 Å². The molecule has 1 aromatic heterocycles. The first-order chi connectivity index (χ1) is 14.6. The number of nitrogens with one attached hydrogen (secondary N) is 1. The number of aryl methyl sites for hydroxylation is 1. The summed E-state index contributed by atoms with van der Waals surface area (Å²) < 4.78 is 44.8. The summed E-state index contributed by atoms with van der Waals surface area (Å²) in [6.45, 7) is 0. The number of carboxylic acid groups (broad SMARTS) is 1. The van der Waals surface area contributed by atoms with Gasteiger partial charge in [-0.15, -0.1) is 0 Å².